The van der Waals surface area contributed by atoms with Gasteiger partial charge in [-0.25, -0.2) is 14.8 Å². The van der Waals surface area contributed by atoms with Crippen molar-refractivity contribution in [2.24, 2.45) is 0 Å². The molecular weight excluding hydrogens is 442 g/mol. The monoisotopic (exact) mass is 475 g/mol. The molecule has 0 spiro atoms. The molecule has 0 unspecified atom stereocenters. The number of hydrogen-bond acceptors (Lipinski definition) is 6. The molecule has 0 aliphatic carbocycles. The maximum Gasteiger partial charge on any atom is 0.321 e. The zero-order valence-corrected chi connectivity index (χ0v) is 20.9. The number of methoxy groups -OCH3 is 2. The quantitative estimate of drug-likeness (QED) is 0.568. The van der Waals surface area contributed by atoms with Gasteiger partial charge in [-0.2, -0.15) is 0 Å². The van der Waals surface area contributed by atoms with E-state index in [4.69, 9.17) is 14.5 Å². The van der Waals surface area contributed by atoms with Gasteiger partial charge in [-0.3, -0.25) is 0 Å². The minimum absolute atomic E-state index is 0.0921. The Kier molecular flexibility index (Phi) is 7.70. The van der Waals surface area contributed by atoms with Gasteiger partial charge in [-0.1, -0.05) is 12.1 Å². The Bertz CT molecular complexity index is 1150. The van der Waals surface area contributed by atoms with Crippen LogP contribution in [0.4, 0.5) is 16.3 Å². The molecule has 8 heteroatoms. The summed E-state index contributed by atoms with van der Waals surface area (Å²) in [6, 6.07) is 15.4. The Balaban J connectivity index is 1.47. The molecule has 1 saturated heterocycles. The van der Waals surface area contributed by atoms with E-state index in [1.54, 1.807) is 14.2 Å². The zero-order chi connectivity index (χ0) is 24.8. The van der Waals surface area contributed by atoms with E-state index in [1.165, 1.54) is 5.56 Å². The van der Waals surface area contributed by atoms with Gasteiger partial charge in [-0.05, 0) is 62.2 Å². The second-order valence-electron chi connectivity index (χ2n) is 8.67. The number of amides is 2. The lowest BCUT2D eigenvalue weighted by Crippen LogP contribution is -2.38. The van der Waals surface area contributed by atoms with Gasteiger partial charge in [0.05, 0.1) is 14.2 Å². The molecule has 1 N–H and O–H groups in total. The first kappa shape index (κ1) is 24.3. The van der Waals surface area contributed by atoms with Crippen LogP contribution >= 0.6 is 0 Å². The fourth-order valence-electron chi connectivity index (χ4n) is 4.34. The Labute approximate surface area is 206 Å². The van der Waals surface area contributed by atoms with Crippen molar-refractivity contribution in [3.63, 3.8) is 0 Å². The van der Waals surface area contributed by atoms with Crippen LogP contribution in [-0.4, -0.2) is 61.3 Å². The molecule has 1 aliphatic heterocycles. The Morgan fingerprint density at radius 1 is 0.886 bits per heavy atom. The maximum absolute atomic E-state index is 12.9. The molecule has 0 bridgehead atoms. The summed E-state index contributed by atoms with van der Waals surface area (Å²) in [5, 5.41) is 2.99. The van der Waals surface area contributed by atoms with Crippen molar-refractivity contribution < 1.29 is 14.3 Å². The lowest BCUT2D eigenvalue weighted by Gasteiger charge is -2.26. The molecule has 1 aromatic heterocycles. The second kappa shape index (κ2) is 11.1. The number of nitrogens with one attached hydrogen (secondary N) is 1. The number of aromatic nitrogens is 2. The summed E-state index contributed by atoms with van der Waals surface area (Å²) in [4.78, 5) is 26.6. The van der Waals surface area contributed by atoms with E-state index < -0.39 is 0 Å². The molecule has 4 rings (SSSR count). The van der Waals surface area contributed by atoms with Crippen LogP contribution in [0.25, 0.3) is 0 Å². The fourth-order valence-corrected chi connectivity index (χ4v) is 4.34. The Morgan fingerprint density at radius 3 is 2.20 bits per heavy atom. The predicted octanol–water partition coefficient (Wildman–Crippen LogP) is 4.45. The predicted molar refractivity (Wildman–Crippen MR) is 138 cm³/mol. The highest BCUT2D eigenvalue weighted by atomic mass is 16.5. The van der Waals surface area contributed by atoms with E-state index in [2.05, 4.69) is 27.3 Å². The number of benzene rings is 2. The van der Waals surface area contributed by atoms with Crippen molar-refractivity contribution in [3.05, 3.63) is 71.2 Å². The summed E-state index contributed by atoms with van der Waals surface area (Å²) in [5.41, 5.74) is 4.04. The van der Waals surface area contributed by atoms with E-state index in [1.807, 2.05) is 55.1 Å². The van der Waals surface area contributed by atoms with E-state index in [-0.39, 0.29) is 6.03 Å². The summed E-state index contributed by atoms with van der Waals surface area (Å²) in [5.74, 6) is 3.32. The molecule has 2 aromatic carbocycles. The lowest BCUT2D eigenvalue weighted by molar-refractivity contribution is 0.215. The number of ether oxygens (including phenoxy) is 2. The number of aryl methyl sites for hydroxylation is 2. The average molecular weight is 476 g/mol. The van der Waals surface area contributed by atoms with E-state index in [0.29, 0.717) is 19.6 Å². The number of rotatable bonds is 6. The SMILES string of the molecule is COc1ccc(Cc2c(C)nc(C)nc2N2CCCN(C(=O)Nc3ccc(OC)cc3)CC2)cc1. The number of nitrogens with zero attached hydrogens (tertiary/aromatic N) is 4. The van der Waals surface area contributed by atoms with Gasteiger partial charge < -0.3 is 24.6 Å². The van der Waals surface area contributed by atoms with Crippen LogP contribution in [0.1, 0.15) is 29.1 Å². The molecule has 8 nitrogen and oxygen atoms in total. The number of carbonyl (C=O) groups is 1. The molecule has 0 radical (unpaired) electrons. The van der Waals surface area contributed by atoms with Crippen LogP contribution in [0.2, 0.25) is 0 Å². The van der Waals surface area contributed by atoms with Gasteiger partial charge in [0.2, 0.25) is 0 Å². The molecule has 2 heterocycles. The van der Waals surface area contributed by atoms with Crippen LogP contribution in [0.5, 0.6) is 11.5 Å². The molecule has 1 aliphatic rings. The summed E-state index contributed by atoms with van der Waals surface area (Å²) in [6.07, 6.45) is 1.60. The highest BCUT2D eigenvalue weighted by molar-refractivity contribution is 5.89. The molecular formula is C27H33N5O3. The molecule has 0 atom stereocenters. The second-order valence-corrected chi connectivity index (χ2v) is 8.67. The van der Waals surface area contributed by atoms with Gasteiger partial charge in [-0.15, -0.1) is 0 Å². The Hall–Kier alpha value is -3.81. The van der Waals surface area contributed by atoms with Crippen LogP contribution in [0, 0.1) is 13.8 Å². The molecule has 184 valence electrons. The van der Waals surface area contributed by atoms with Crippen LogP contribution in [0.15, 0.2) is 48.5 Å². The van der Waals surface area contributed by atoms with Crippen molar-refractivity contribution in [1.29, 1.82) is 0 Å². The molecule has 35 heavy (non-hydrogen) atoms. The summed E-state index contributed by atoms with van der Waals surface area (Å²) < 4.78 is 10.5. The van der Waals surface area contributed by atoms with Crippen molar-refractivity contribution in [2.75, 3.05) is 50.6 Å². The first-order valence-corrected chi connectivity index (χ1v) is 11.9. The topological polar surface area (TPSA) is 79.8 Å². The zero-order valence-electron chi connectivity index (χ0n) is 20.9. The normalized spacial score (nSPS) is 13.8. The average Bonchev–Trinajstić information content (AvgIpc) is 3.13. The van der Waals surface area contributed by atoms with Gasteiger partial charge in [0.1, 0.15) is 23.1 Å². The molecule has 0 saturated carbocycles. The van der Waals surface area contributed by atoms with Crippen molar-refractivity contribution >= 4 is 17.5 Å². The lowest BCUT2D eigenvalue weighted by atomic mass is 10.0. The summed E-state index contributed by atoms with van der Waals surface area (Å²) in [7, 11) is 3.30. The van der Waals surface area contributed by atoms with Crippen molar-refractivity contribution in [1.82, 2.24) is 14.9 Å². The number of urea groups is 1. The van der Waals surface area contributed by atoms with E-state index in [9.17, 15) is 4.79 Å². The van der Waals surface area contributed by atoms with Gasteiger partial charge in [0.15, 0.2) is 0 Å². The van der Waals surface area contributed by atoms with Gasteiger partial charge in [0, 0.05) is 49.5 Å². The minimum atomic E-state index is -0.0921. The first-order chi connectivity index (χ1) is 17.0. The highest BCUT2D eigenvalue weighted by Crippen LogP contribution is 2.26. The third kappa shape index (κ3) is 6.01. The molecule has 1 fully saturated rings. The first-order valence-electron chi connectivity index (χ1n) is 11.9. The van der Waals surface area contributed by atoms with Crippen molar-refractivity contribution in [2.45, 2.75) is 26.7 Å². The number of anilines is 2. The van der Waals surface area contributed by atoms with Crippen molar-refractivity contribution in [3.8, 4) is 11.5 Å². The fraction of sp³-hybridized carbons (Fsp3) is 0.370. The van der Waals surface area contributed by atoms with Crippen LogP contribution in [0.3, 0.4) is 0 Å². The van der Waals surface area contributed by atoms with Gasteiger partial charge in [0.25, 0.3) is 0 Å². The molecule has 3 aromatic rings. The third-order valence-corrected chi connectivity index (χ3v) is 6.27. The maximum atomic E-state index is 12.9. The third-order valence-electron chi connectivity index (χ3n) is 6.27. The highest BCUT2D eigenvalue weighted by Gasteiger charge is 2.23. The number of hydrogen-bond donors (Lipinski definition) is 1. The molecule has 2 amide bonds. The Morgan fingerprint density at radius 2 is 1.54 bits per heavy atom. The van der Waals surface area contributed by atoms with E-state index >= 15 is 0 Å². The van der Waals surface area contributed by atoms with Gasteiger partial charge >= 0.3 is 6.03 Å². The summed E-state index contributed by atoms with van der Waals surface area (Å²) >= 11 is 0. The number of carbonyl (C=O) groups excluding carboxylic acids is 1. The summed E-state index contributed by atoms with van der Waals surface area (Å²) in [6.45, 7) is 6.82. The smallest absolute Gasteiger partial charge is 0.321 e. The largest absolute Gasteiger partial charge is 0.497 e. The minimum Gasteiger partial charge on any atom is -0.497 e. The standard InChI is InChI=1S/C27H33N5O3/c1-19-25(18-21-6-10-23(34-3)11-7-21)26(29-20(2)28-19)31-14-5-15-32(17-16-31)27(33)30-22-8-12-24(35-4)13-9-22/h6-13H,5,14-18H2,1-4H3,(H,30,33). The van der Waals surface area contributed by atoms with Crippen LogP contribution < -0.4 is 19.7 Å². The van der Waals surface area contributed by atoms with E-state index in [0.717, 1.165) is 59.5 Å². The van der Waals surface area contributed by atoms with Crippen LogP contribution in [-0.2, 0) is 6.42 Å².